The topological polar surface area (TPSA) is 361 Å². The van der Waals surface area contributed by atoms with Crippen molar-refractivity contribution in [2.24, 2.45) is 41.2 Å². The molecule has 0 spiro atoms. The highest BCUT2D eigenvalue weighted by molar-refractivity contribution is 5.97. The van der Waals surface area contributed by atoms with E-state index in [1.165, 1.54) is 27.7 Å². The van der Waals surface area contributed by atoms with Gasteiger partial charge in [0.2, 0.25) is 53.2 Å². The van der Waals surface area contributed by atoms with E-state index in [9.17, 15) is 58.2 Å². The molecule has 14 N–H and O–H groups in total. The molecule has 0 radical (unpaired) electrons. The van der Waals surface area contributed by atoms with Gasteiger partial charge in [-0.3, -0.25) is 47.9 Å². The van der Waals surface area contributed by atoms with Gasteiger partial charge >= 0.3 is 5.97 Å². The summed E-state index contributed by atoms with van der Waals surface area (Å²) in [6.45, 7) is 22.5. The molecule has 0 aliphatic rings. The maximum absolute atomic E-state index is 13.8. The molecule has 0 aliphatic carbocycles. The summed E-state index contributed by atoms with van der Waals surface area (Å²) in [4.78, 5) is 136. The normalized spacial score (nSPS) is 16.0. The minimum absolute atomic E-state index is 0.0511. The second kappa shape index (κ2) is 30.1. The first kappa shape index (κ1) is 64.5. The number of nitrogens with two attached hydrogens (primary N) is 1. The number of rotatable bonds is 30. The molecule has 1 aromatic carbocycles. The third-order valence-corrected chi connectivity index (χ3v) is 12.4. The Bertz CT molecular complexity index is 2300. The first-order valence-electron chi connectivity index (χ1n) is 25.8. The number of H-pyrrole nitrogens is 1. The van der Waals surface area contributed by atoms with Crippen molar-refractivity contribution < 1.29 is 58.2 Å². The highest BCUT2D eigenvalue weighted by atomic mass is 16.4. The summed E-state index contributed by atoms with van der Waals surface area (Å²) in [5.41, 5.74) is 8.04. The van der Waals surface area contributed by atoms with E-state index in [0.717, 1.165) is 16.5 Å². The number of aliphatic hydroxyl groups excluding tert-OH is 1. The van der Waals surface area contributed by atoms with Crippen molar-refractivity contribution in [3.8, 4) is 0 Å². The SMILES string of the molecule is CC(C)CC(NC(=O)C(C)CNC(=O)C(NC(=O)C(NC(=O)C(CC(C)C)NC(=O)C(N)Cc1c[nH]c2ccccc12)C(C)C)C(C)O)C(=O)NC(C(=O)NC(C)C(=O)NC(C(=O)NC(C)C(=O)O)C(C)C)C(C)C. The molecule has 0 aliphatic heterocycles. The molecule has 11 atom stereocenters. The monoisotopic (exact) mass is 1060 g/mol. The van der Waals surface area contributed by atoms with Gasteiger partial charge in [-0.05, 0) is 81.3 Å². The fraction of sp³-hybridized carbons (Fsp3) is 0.654. The van der Waals surface area contributed by atoms with Crippen LogP contribution in [-0.2, 0) is 54.4 Å². The van der Waals surface area contributed by atoms with Gasteiger partial charge in [-0.2, -0.15) is 0 Å². The molecule has 0 fully saturated rings. The lowest BCUT2D eigenvalue weighted by Gasteiger charge is -2.29. The van der Waals surface area contributed by atoms with E-state index in [1.807, 2.05) is 52.0 Å². The molecule has 1 heterocycles. The van der Waals surface area contributed by atoms with E-state index in [0.29, 0.717) is 0 Å². The highest BCUT2D eigenvalue weighted by Crippen LogP contribution is 2.19. The molecule has 0 saturated heterocycles. The number of nitrogens with one attached hydrogen (secondary N) is 10. The number of aliphatic hydroxyl groups is 1. The van der Waals surface area contributed by atoms with Crippen LogP contribution in [0.1, 0.15) is 115 Å². The lowest BCUT2D eigenvalue weighted by molar-refractivity contribution is -0.142. The van der Waals surface area contributed by atoms with Crippen molar-refractivity contribution in [3.63, 3.8) is 0 Å². The largest absolute Gasteiger partial charge is 0.480 e. The van der Waals surface area contributed by atoms with E-state index < -0.39 is 143 Å². The van der Waals surface area contributed by atoms with Crippen LogP contribution in [0.4, 0.5) is 0 Å². The number of carboxylic acid groups (broad SMARTS) is 1. The lowest BCUT2D eigenvalue weighted by atomic mass is 9.98. The third kappa shape index (κ3) is 20.6. The van der Waals surface area contributed by atoms with E-state index in [-0.39, 0.29) is 37.6 Å². The van der Waals surface area contributed by atoms with Gasteiger partial charge in [0, 0.05) is 23.6 Å². The van der Waals surface area contributed by atoms with Crippen LogP contribution in [0, 0.1) is 35.5 Å². The molecule has 23 nitrogen and oxygen atoms in total. The first-order chi connectivity index (χ1) is 34.9. The molecule has 0 saturated carbocycles. The Balaban J connectivity index is 2.10. The van der Waals surface area contributed by atoms with Gasteiger partial charge in [-0.25, -0.2) is 0 Å². The second-order valence-electron chi connectivity index (χ2n) is 21.4. The molecule has 9 amide bonds. The average molecular weight is 1060 g/mol. The molecule has 2 rings (SSSR count). The maximum atomic E-state index is 13.8. The van der Waals surface area contributed by atoms with Gasteiger partial charge in [-0.15, -0.1) is 0 Å². The number of amides is 9. The van der Waals surface area contributed by atoms with Gasteiger partial charge < -0.3 is 68.8 Å². The summed E-state index contributed by atoms with van der Waals surface area (Å²) in [6.07, 6.45) is 0.911. The van der Waals surface area contributed by atoms with Crippen molar-refractivity contribution in [1.82, 2.24) is 52.8 Å². The number of carbonyl (C=O) groups excluding carboxylic acids is 9. The molecule has 75 heavy (non-hydrogen) atoms. The number of benzene rings is 1. The number of fused-ring (bicyclic) bond motifs is 1. The van der Waals surface area contributed by atoms with Crippen LogP contribution in [0.5, 0.6) is 0 Å². The van der Waals surface area contributed by atoms with Gasteiger partial charge in [0.15, 0.2) is 0 Å². The Morgan fingerprint density at radius 1 is 0.507 bits per heavy atom. The summed E-state index contributed by atoms with van der Waals surface area (Å²) in [5.74, 6) is -10.2. The van der Waals surface area contributed by atoms with E-state index in [4.69, 9.17) is 5.73 Å². The number of aliphatic carboxylic acids is 1. The van der Waals surface area contributed by atoms with Crippen LogP contribution in [0.3, 0.4) is 0 Å². The highest BCUT2D eigenvalue weighted by Gasteiger charge is 2.36. The van der Waals surface area contributed by atoms with E-state index >= 15 is 0 Å². The standard InChI is InChI=1S/C52H85N11O12/c1-24(2)19-37(46(68)61-40(27(7)8)49(71)56-30(12)44(66)60-39(26(5)6)50(72)57-31(13)52(74)75)58-43(65)29(11)22-55-48(70)42(32(14)64)63-51(73)41(28(9)10)62-47(69)38(20-25(3)4)59-45(67)35(53)21-33-23-54-36-18-16-15-17-34(33)36/h15-18,23-32,35,37-42,54,64H,19-22,53H2,1-14H3,(H,55,70)(H,56,71)(H,57,72)(H,58,65)(H,59,67)(H,60,66)(H,61,68)(H,62,69)(H,63,73)(H,74,75). The molecule has 420 valence electrons. The average Bonchev–Trinajstić information content (AvgIpc) is 3.72. The fourth-order valence-corrected chi connectivity index (χ4v) is 7.86. The maximum Gasteiger partial charge on any atom is 0.325 e. The fourth-order valence-electron chi connectivity index (χ4n) is 7.86. The van der Waals surface area contributed by atoms with Crippen molar-refractivity contribution in [1.29, 1.82) is 0 Å². The summed E-state index contributed by atoms with van der Waals surface area (Å²) in [7, 11) is 0. The van der Waals surface area contributed by atoms with Crippen LogP contribution in [0.15, 0.2) is 30.5 Å². The Labute approximate surface area is 440 Å². The summed E-state index contributed by atoms with van der Waals surface area (Å²) in [6, 6.07) is -3.07. The molecule has 23 heteroatoms. The van der Waals surface area contributed by atoms with E-state index in [1.54, 1.807) is 47.7 Å². The Hall–Kier alpha value is -6.62. The van der Waals surface area contributed by atoms with Crippen LogP contribution < -0.4 is 53.6 Å². The molecule has 2 aromatic rings. The van der Waals surface area contributed by atoms with Crippen molar-refractivity contribution in [2.45, 2.75) is 177 Å². The van der Waals surface area contributed by atoms with Crippen LogP contribution >= 0.6 is 0 Å². The number of carboxylic acids is 1. The molecule has 11 unspecified atom stereocenters. The quantitative estimate of drug-likeness (QED) is 0.0499. The number of aromatic nitrogens is 1. The summed E-state index contributed by atoms with van der Waals surface area (Å²) >= 11 is 0. The number of hydrogen-bond donors (Lipinski definition) is 13. The number of hydrogen-bond acceptors (Lipinski definition) is 12. The Morgan fingerprint density at radius 3 is 1.39 bits per heavy atom. The van der Waals surface area contributed by atoms with Crippen molar-refractivity contribution in [2.75, 3.05) is 6.54 Å². The minimum atomic E-state index is -1.53. The molecular weight excluding hydrogens is 971 g/mol. The predicted octanol–water partition coefficient (Wildman–Crippen LogP) is 0.234. The molecule has 0 bridgehead atoms. The van der Waals surface area contributed by atoms with Crippen LogP contribution in [0.2, 0.25) is 0 Å². The van der Waals surface area contributed by atoms with Crippen molar-refractivity contribution >= 4 is 70.0 Å². The zero-order valence-corrected chi connectivity index (χ0v) is 46.0. The van der Waals surface area contributed by atoms with Gasteiger partial charge in [0.25, 0.3) is 0 Å². The van der Waals surface area contributed by atoms with Gasteiger partial charge in [0.05, 0.1) is 18.1 Å². The smallest absolute Gasteiger partial charge is 0.325 e. The minimum Gasteiger partial charge on any atom is -0.480 e. The molecule has 1 aromatic heterocycles. The summed E-state index contributed by atoms with van der Waals surface area (Å²) < 4.78 is 0. The molecular formula is C52H85N11O12. The Kier molecular flexibility index (Phi) is 25.9. The third-order valence-electron chi connectivity index (χ3n) is 12.4. The van der Waals surface area contributed by atoms with Crippen LogP contribution in [-0.4, -0.2) is 141 Å². The number of aromatic amines is 1. The zero-order chi connectivity index (χ0) is 57.2. The van der Waals surface area contributed by atoms with Gasteiger partial charge in [-0.1, -0.05) is 94.4 Å². The Morgan fingerprint density at radius 2 is 0.933 bits per heavy atom. The predicted molar refractivity (Wildman–Crippen MR) is 282 cm³/mol. The van der Waals surface area contributed by atoms with Gasteiger partial charge in [0.1, 0.15) is 48.3 Å². The van der Waals surface area contributed by atoms with Crippen LogP contribution in [0.25, 0.3) is 10.9 Å². The zero-order valence-electron chi connectivity index (χ0n) is 46.0. The first-order valence-corrected chi connectivity index (χ1v) is 25.8. The number of carbonyl (C=O) groups is 10. The van der Waals surface area contributed by atoms with Crippen molar-refractivity contribution in [3.05, 3.63) is 36.0 Å². The lowest BCUT2D eigenvalue weighted by Crippen LogP contribution is -2.61. The summed E-state index contributed by atoms with van der Waals surface area (Å²) in [5, 5.41) is 44.1. The second-order valence-corrected chi connectivity index (χ2v) is 21.4. The number of para-hydroxylation sites is 1. The van der Waals surface area contributed by atoms with E-state index in [2.05, 4.69) is 52.8 Å².